The number of methoxy groups -OCH3 is 2. The van der Waals surface area contributed by atoms with Crippen molar-refractivity contribution in [2.75, 3.05) is 14.2 Å². The number of benzene rings is 1. The van der Waals surface area contributed by atoms with Crippen LogP contribution in [0.1, 0.15) is 16.2 Å². The number of aromatic amines is 1. The first-order chi connectivity index (χ1) is 9.08. The number of carbonyl (C=O) groups is 1. The lowest BCUT2D eigenvalue weighted by Crippen LogP contribution is -1.98. The molecule has 0 amide bonds. The molecule has 0 aliphatic heterocycles. The molecular weight excluding hydrogens is 248 g/mol. The number of ether oxygens (including phenoxy) is 2. The highest BCUT2D eigenvalue weighted by Crippen LogP contribution is 2.36. The topological polar surface area (TPSA) is 84.4 Å². The van der Waals surface area contributed by atoms with E-state index in [1.165, 1.54) is 14.2 Å². The second kappa shape index (κ2) is 5.01. The van der Waals surface area contributed by atoms with E-state index in [2.05, 4.69) is 9.97 Å². The van der Waals surface area contributed by atoms with E-state index < -0.39 is 5.97 Å². The fourth-order valence-electron chi connectivity index (χ4n) is 1.87. The molecular formula is C13H14N2O4. The van der Waals surface area contributed by atoms with Crippen molar-refractivity contribution in [3.63, 3.8) is 0 Å². The number of para-hydroxylation sites is 1. The minimum absolute atomic E-state index is 0.000118. The highest BCUT2D eigenvalue weighted by atomic mass is 16.5. The maximum atomic E-state index is 11.0. The van der Waals surface area contributed by atoms with E-state index in [1.54, 1.807) is 25.1 Å². The molecule has 0 aliphatic rings. The SMILES string of the molecule is COc1cccc(-c2nc(C(=O)O)c(C)[nH]2)c1OC. The van der Waals surface area contributed by atoms with Crippen LogP contribution in [-0.4, -0.2) is 35.3 Å². The molecule has 2 rings (SSSR count). The number of carboxylic acids is 1. The van der Waals surface area contributed by atoms with E-state index in [1.807, 2.05) is 0 Å². The first-order valence-electron chi connectivity index (χ1n) is 5.59. The Hall–Kier alpha value is -2.50. The van der Waals surface area contributed by atoms with Gasteiger partial charge in [0.25, 0.3) is 0 Å². The first-order valence-corrected chi connectivity index (χ1v) is 5.59. The molecule has 0 saturated carbocycles. The summed E-state index contributed by atoms with van der Waals surface area (Å²) in [5.74, 6) is 0.439. The van der Waals surface area contributed by atoms with Crippen LogP contribution in [-0.2, 0) is 0 Å². The van der Waals surface area contributed by atoms with Crippen LogP contribution in [0.3, 0.4) is 0 Å². The lowest BCUT2D eigenvalue weighted by atomic mass is 10.1. The van der Waals surface area contributed by atoms with E-state index in [0.717, 1.165) is 0 Å². The lowest BCUT2D eigenvalue weighted by Gasteiger charge is -2.10. The largest absolute Gasteiger partial charge is 0.493 e. The molecule has 0 atom stereocenters. The summed E-state index contributed by atoms with van der Waals surface area (Å²) in [4.78, 5) is 18.0. The Morgan fingerprint density at radius 1 is 1.32 bits per heavy atom. The molecule has 0 aliphatic carbocycles. The smallest absolute Gasteiger partial charge is 0.356 e. The van der Waals surface area contributed by atoms with Gasteiger partial charge in [0.2, 0.25) is 0 Å². The first kappa shape index (κ1) is 12.9. The van der Waals surface area contributed by atoms with E-state index in [-0.39, 0.29) is 5.69 Å². The van der Waals surface area contributed by atoms with Gasteiger partial charge in [-0.25, -0.2) is 9.78 Å². The fourth-order valence-corrected chi connectivity index (χ4v) is 1.87. The number of carboxylic acid groups (broad SMARTS) is 1. The third kappa shape index (κ3) is 2.24. The minimum atomic E-state index is -1.07. The van der Waals surface area contributed by atoms with Crippen molar-refractivity contribution >= 4 is 5.97 Å². The summed E-state index contributed by atoms with van der Waals surface area (Å²) < 4.78 is 10.5. The van der Waals surface area contributed by atoms with E-state index in [9.17, 15) is 4.79 Å². The van der Waals surface area contributed by atoms with Crippen molar-refractivity contribution < 1.29 is 19.4 Å². The van der Waals surface area contributed by atoms with Gasteiger partial charge in [0.1, 0.15) is 5.82 Å². The number of rotatable bonds is 4. The summed E-state index contributed by atoms with van der Waals surface area (Å²) in [5, 5.41) is 9.01. The number of H-pyrrole nitrogens is 1. The third-order valence-corrected chi connectivity index (χ3v) is 2.75. The molecule has 1 aromatic carbocycles. The third-order valence-electron chi connectivity index (χ3n) is 2.75. The molecule has 100 valence electrons. The summed E-state index contributed by atoms with van der Waals surface area (Å²) >= 11 is 0. The molecule has 0 saturated heterocycles. The van der Waals surface area contributed by atoms with Crippen LogP contribution in [0.4, 0.5) is 0 Å². The van der Waals surface area contributed by atoms with Gasteiger partial charge < -0.3 is 19.6 Å². The Morgan fingerprint density at radius 2 is 2.05 bits per heavy atom. The number of nitrogens with zero attached hydrogens (tertiary/aromatic N) is 1. The molecule has 2 aromatic rings. The zero-order valence-corrected chi connectivity index (χ0v) is 10.9. The molecule has 2 N–H and O–H groups in total. The monoisotopic (exact) mass is 262 g/mol. The summed E-state index contributed by atoms with van der Waals surface area (Å²) in [7, 11) is 3.06. The van der Waals surface area contributed by atoms with Gasteiger partial charge in [-0.2, -0.15) is 0 Å². The van der Waals surface area contributed by atoms with Crippen LogP contribution in [0, 0.1) is 6.92 Å². The second-order valence-electron chi connectivity index (χ2n) is 3.91. The van der Waals surface area contributed by atoms with Gasteiger partial charge >= 0.3 is 5.97 Å². The van der Waals surface area contributed by atoms with Gasteiger partial charge in [0.05, 0.1) is 19.8 Å². The van der Waals surface area contributed by atoms with Crippen molar-refractivity contribution in [2.45, 2.75) is 6.92 Å². The standard InChI is InChI=1S/C13H14N2O4/c1-7-10(13(16)17)15-12(14-7)8-5-4-6-9(18-2)11(8)19-3/h4-6H,1-3H3,(H,14,15)(H,16,17). The molecule has 0 unspecified atom stereocenters. The number of nitrogens with one attached hydrogen (secondary N) is 1. The maximum Gasteiger partial charge on any atom is 0.356 e. The predicted octanol–water partition coefficient (Wildman–Crippen LogP) is 2.10. The van der Waals surface area contributed by atoms with Gasteiger partial charge in [0, 0.05) is 5.69 Å². The Labute approximate surface area is 110 Å². The molecule has 19 heavy (non-hydrogen) atoms. The number of hydrogen-bond donors (Lipinski definition) is 2. The van der Waals surface area contributed by atoms with E-state index in [0.29, 0.717) is 28.6 Å². The quantitative estimate of drug-likeness (QED) is 0.881. The molecule has 1 heterocycles. The number of imidazole rings is 1. The van der Waals surface area contributed by atoms with Gasteiger partial charge in [-0.3, -0.25) is 0 Å². The van der Waals surface area contributed by atoms with Crippen LogP contribution >= 0.6 is 0 Å². The second-order valence-corrected chi connectivity index (χ2v) is 3.91. The molecule has 0 spiro atoms. The summed E-state index contributed by atoms with van der Waals surface area (Å²) in [6, 6.07) is 5.33. The van der Waals surface area contributed by atoms with Crippen molar-refractivity contribution in [3.8, 4) is 22.9 Å². The number of hydrogen-bond acceptors (Lipinski definition) is 4. The highest BCUT2D eigenvalue weighted by molar-refractivity contribution is 5.88. The number of aromatic carboxylic acids is 1. The summed E-state index contributed by atoms with van der Waals surface area (Å²) in [6.45, 7) is 1.66. The van der Waals surface area contributed by atoms with Gasteiger partial charge in [-0.1, -0.05) is 6.07 Å². The highest BCUT2D eigenvalue weighted by Gasteiger charge is 2.18. The molecule has 6 nitrogen and oxygen atoms in total. The predicted molar refractivity (Wildman–Crippen MR) is 68.8 cm³/mol. The summed E-state index contributed by atoms with van der Waals surface area (Å²) in [5.41, 5.74) is 1.14. The van der Waals surface area contributed by atoms with Crippen molar-refractivity contribution in [1.82, 2.24) is 9.97 Å². The Balaban J connectivity index is 2.59. The molecule has 0 radical (unpaired) electrons. The normalized spacial score (nSPS) is 10.3. The molecule has 1 aromatic heterocycles. The summed E-state index contributed by atoms with van der Waals surface area (Å²) in [6.07, 6.45) is 0. The average molecular weight is 262 g/mol. The van der Waals surface area contributed by atoms with Crippen LogP contribution in [0.15, 0.2) is 18.2 Å². The van der Waals surface area contributed by atoms with Crippen LogP contribution in [0.5, 0.6) is 11.5 Å². The van der Waals surface area contributed by atoms with Crippen LogP contribution < -0.4 is 9.47 Å². The van der Waals surface area contributed by atoms with E-state index in [4.69, 9.17) is 14.6 Å². The number of aryl methyl sites for hydroxylation is 1. The Bertz CT molecular complexity index is 619. The van der Waals surface area contributed by atoms with Crippen LogP contribution in [0.25, 0.3) is 11.4 Å². The molecule has 0 fully saturated rings. The number of aromatic nitrogens is 2. The molecule has 0 bridgehead atoms. The van der Waals surface area contributed by atoms with Crippen molar-refractivity contribution in [1.29, 1.82) is 0 Å². The maximum absolute atomic E-state index is 11.0. The fraction of sp³-hybridized carbons (Fsp3) is 0.231. The van der Waals surface area contributed by atoms with E-state index >= 15 is 0 Å². The Morgan fingerprint density at radius 3 is 2.58 bits per heavy atom. The molecule has 6 heteroatoms. The average Bonchev–Trinajstić information content (AvgIpc) is 2.79. The van der Waals surface area contributed by atoms with Gasteiger partial charge in [0.15, 0.2) is 17.2 Å². The van der Waals surface area contributed by atoms with Gasteiger partial charge in [-0.15, -0.1) is 0 Å². The zero-order chi connectivity index (χ0) is 14.0. The lowest BCUT2D eigenvalue weighted by molar-refractivity contribution is 0.0690. The zero-order valence-electron chi connectivity index (χ0n) is 10.9. The van der Waals surface area contributed by atoms with Crippen molar-refractivity contribution in [2.24, 2.45) is 0 Å². The van der Waals surface area contributed by atoms with Gasteiger partial charge in [-0.05, 0) is 19.1 Å². The van der Waals surface area contributed by atoms with Crippen molar-refractivity contribution in [3.05, 3.63) is 29.6 Å². The van der Waals surface area contributed by atoms with Crippen LogP contribution in [0.2, 0.25) is 0 Å². The minimum Gasteiger partial charge on any atom is -0.493 e. The Kier molecular flexibility index (Phi) is 3.41.